The molecular weight excluding hydrogens is 206 g/mol. The SMILES string of the molecule is CCCC[C@H](N)C(=O)N(CC)CC(=O)NC. The van der Waals surface area contributed by atoms with Crippen molar-refractivity contribution in [1.82, 2.24) is 10.2 Å². The Morgan fingerprint density at radius 2 is 2.00 bits per heavy atom. The molecule has 0 aliphatic carbocycles. The maximum Gasteiger partial charge on any atom is 0.239 e. The monoisotopic (exact) mass is 229 g/mol. The molecule has 0 bridgehead atoms. The first-order chi connectivity index (χ1) is 7.56. The number of rotatable bonds is 7. The number of amides is 2. The summed E-state index contributed by atoms with van der Waals surface area (Å²) in [5.41, 5.74) is 5.77. The van der Waals surface area contributed by atoms with Gasteiger partial charge in [-0.1, -0.05) is 19.8 Å². The van der Waals surface area contributed by atoms with Crippen molar-refractivity contribution in [3.63, 3.8) is 0 Å². The van der Waals surface area contributed by atoms with Crippen molar-refractivity contribution >= 4 is 11.8 Å². The Bertz CT molecular complexity index is 231. The third kappa shape index (κ3) is 5.11. The summed E-state index contributed by atoms with van der Waals surface area (Å²) >= 11 is 0. The number of unbranched alkanes of at least 4 members (excludes halogenated alkanes) is 1. The molecule has 2 amide bonds. The molecular formula is C11H23N3O2. The van der Waals surface area contributed by atoms with Crippen molar-refractivity contribution in [1.29, 1.82) is 0 Å². The van der Waals surface area contributed by atoms with Crippen molar-refractivity contribution in [2.24, 2.45) is 5.73 Å². The first kappa shape index (κ1) is 14.9. The molecule has 5 nitrogen and oxygen atoms in total. The van der Waals surface area contributed by atoms with Crippen LogP contribution in [-0.2, 0) is 9.59 Å². The highest BCUT2D eigenvalue weighted by Crippen LogP contribution is 2.02. The van der Waals surface area contributed by atoms with Gasteiger partial charge < -0.3 is 16.0 Å². The molecule has 0 heterocycles. The quantitative estimate of drug-likeness (QED) is 0.650. The molecule has 0 aromatic carbocycles. The number of likely N-dealkylation sites (N-methyl/N-ethyl adjacent to an activating group) is 2. The molecule has 1 atom stereocenters. The van der Waals surface area contributed by atoms with E-state index in [1.807, 2.05) is 6.92 Å². The Labute approximate surface area is 97.4 Å². The van der Waals surface area contributed by atoms with Crippen molar-refractivity contribution in [3.8, 4) is 0 Å². The molecule has 0 aromatic heterocycles. The summed E-state index contributed by atoms with van der Waals surface area (Å²) in [6.07, 6.45) is 2.63. The van der Waals surface area contributed by atoms with Gasteiger partial charge in [0.25, 0.3) is 0 Å². The highest BCUT2D eigenvalue weighted by molar-refractivity contribution is 5.87. The summed E-state index contributed by atoms with van der Waals surface area (Å²) in [7, 11) is 1.55. The van der Waals surface area contributed by atoms with E-state index in [1.165, 1.54) is 4.90 Å². The standard InChI is InChI=1S/C11H23N3O2/c1-4-6-7-9(12)11(16)14(5-2)8-10(15)13-3/h9H,4-8,12H2,1-3H3,(H,13,15)/t9-/m0/s1. The lowest BCUT2D eigenvalue weighted by Gasteiger charge is -2.23. The lowest BCUT2D eigenvalue weighted by molar-refractivity contribution is -0.136. The van der Waals surface area contributed by atoms with Gasteiger partial charge in [0.05, 0.1) is 12.6 Å². The van der Waals surface area contributed by atoms with E-state index in [0.717, 1.165) is 12.8 Å². The van der Waals surface area contributed by atoms with E-state index in [9.17, 15) is 9.59 Å². The van der Waals surface area contributed by atoms with E-state index in [2.05, 4.69) is 12.2 Å². The van der Waals surface area contributed by atoms with Crippen LogP contribution in [0, 0.1) is 0 Å². The van der Waals surface area contributed by atoms with Crippen LogP contribution >= 0.6 is 0 Å². The molecule has 0 saturated carbocycles. The number of hydrogen-bond donors (Lipinski definition) is 2. The minimum absolute atomic E-state index is 0.0889. The van der Waals surface area contributed by atoms with Gasteiger partial charge in [-0.3, -0.25) is 9.59 Å². The van der Waals surface area contributed by atoms with Gasteiger partial charge in [-0.15, -0.1) is 0 Å². The average Bonchev–Trinajstić information content (AvgIpc) is 2.31. The van der Waals surface area contributed by atoms with Crippen LogP contribution in [0.3, 0.4) is 0 Å². The van der Waals surface area contributed by atoms with Crippen LogP contribution < -0.4 is 11.1 Å². The van der Waals surface area contributed by atoms with Crippen LogP contribution in [0.15, 0.2) is 0 Å². The molecule has 16 heavy (non-hydrogen) atoms. The van der Waals surface area contributed by atoms with Crippen LogP contribution in [0.4, 0.5) is 0 Å². The Hall–Kier alpha value is -1.10. The van der Waals surface area contributed by atoms with E-state index >= 15 is 0 Å². The van der Waals surface area contributed by atoms with Gasteiger partial charge in [0.1, 0.15) is 0 Å². The summed E-state index contributed by atoms with van der Waals surface area (Å²) in [5, 5.41) is 2.49. The second-order valence-electron chi connectivity index (χ2n) is 3.77. The summed E-state index contributed by atoms with van der Waals surface area (Å²) in [6, 6.07) is -0.482. The van der Waals surface area contributed by atoms with Crippen LogP contribution in [-0.4, -0.2) is 42.9 Å². The second kappa shape index (κ2) is 8.10. The second-order valence-corrected chi connectivity index (χ2v) is 3.77. The third-order valence-electron chi connectivity index (χ3n) is 2.49. The molecule has 0 radical (unpaired) electrons. The molecule has 0 fully saturated rings. The van der Waals surface area contributed by atoms with E-state index in [4.69, 9.17) is 5.73 Å². The highest BCUT2D eigenvalue weighted by atomic mass is 16.2. The summed E-state index contributed by atoms with van der Waals surface area (Å²) in [6.45, 7) is 4.49. The average molecular weight is 229 g/mol. The maximum atomic E-state index is 11.9. The van der Waals surface area contributed by atoms with Gasteiger partial charge in [-0.2, -0.15) is 0 Å². The Kier molecular flexibility index (Phi) is 7.54. The molecule has 94 valence electrons. The largest absolute Gasteiger partial charge is 0.358 e. The van der Waals surface area contributed by atoms with Gasteiger partial charge in [-0.05, 0) is 13.3 Å². The zero-order chi connectivity index (χ0) is 12.6. The number of nitrogens with zero attached hydrogens (tertiary/aromatic N) is 1. The van der Waals surface area contributed by atoms with Crippen molar-refractivity contribution in [2.75, 3.05) is 20.1 Å². The molecule has 0 aromatic rings. The topological polar surface area (TPSA) is 75.4 Å². The minimum Gasteiger partial charge on any atom is -0.358 e. The summed E-state index contributed by atoms with van der Waals surface area (Å²) in [5.74, 6) is -0.308. The molecule has 0 saturated heterocycles. The first-order valence-electron chi connectivity index (χ1n) is 5.81. The molecule has 3 N–H and O–H groups in total. The van der Waals surface area contributed by atoms with E-state index in [0.29, 0.717) is 13.0 Å². The molecule has 5 heteroatoms. The van der Waals surface area contributed by atoms with Crippen molar-refractivity contribution in [3.05, 3.63) is 0 Å². The van der Waals surface area contributed by atoms with Gasteiger partial charge in [0.2, 0.25) is 11.8 Å². The Morgan fingerprint density at radius 1 is 1.38 bits per heavy atom. The maximum absolute atomic E-state index is 11.9. The van der Waals surface area contributed by atoms with Crippen molar-refractivity contribution < 1.29 is 9.59 Å². The predicted octanol–water partition coefficient (Wildman–Crippen LogP) is 0.0984. The molecule has 0 aliphatic heterocycles. The van der Waals surface area contributed by atoms with E-state index in [1.54, 1.807) is 7.05 Å². The minimum atomic E-state index is -0.482. The zero-order valence-corrected chi connectivity index (χ0v) is 10.5. The van der Waals surface area contributed by atoms with Gasteiger partial charge in [0, 0.05) is 13.6 Å². The molecule has 0 spiro atoms. The predicted molar refractivity (Wildman–Crippen MR) is 63.8 cm³/mol. The van der Waals surface area contributed by atoms with Gasteiger partial charge >= 0.3 is 0 Å². The van der Waals surface area contributed by atoms with Gasteiger partial charge in [-0.25, -0.2) is 0 Å². The number of carbonyl (C=O) groups excluding carboxylic acids is 2. The fraction of sp³-hybridized carbons (Fsp3) is 0.818. The number of nitrogens with one attached hydrogen (secondary N) is 1. The van der Waals surface area contributed by atoms with E-state index in [-0.39, 0.29) is 18.4 Å². The summed E-state index contributed by atoms with van der Waals surface area (Å²) in [4.78, 5) is 24.5. The number of carbonyl (C=O) groups is 2. The normalized spacial score (nSPS) is 12.0. The Morgan fingerprint density at radius 3 is 2.44 bits per heavy atom. The first-order valence-corrected chi connectivity index (χ1v) is 5.81. The lowest BCUT2D eigenvalue weighted by Crippen LogP contribution is -2.47. The number of hydrogen-bond acceptors (Lipinski definition) is 3. The van der Waals surface area contributed by atoms with Crippen LogP contribution in [0.2, 0.25) is 0 Å². The number of nitrogens with two attached hydrogens (primary N) is 1. The molecule has 0 unspecified atom stereocenters. The zero-order valence-electron chi connectivity index (χ0n) is 10.5. The fourth-order valence-electron chi connectivity index (χ4n) is 1.38. The van der Waals surface area contributed by atoms with Crippen LogP contribution in [0.25, 0.3) is 0 Å². The summed E-state index contributed by atoms with van der Waals surface area (Å²) < 4.78 is 0. The van der Waals surface area contributed by atoms with Crippen LogP contribution in [0.1, 0.15) is 33.1 Å². The van der Waals surface area contributed by atoms with Crippen LogP contribution in [0.5, 0.6) is 0 Å². The van der Waals surface area contributed by atoms with Crippen molar-refractivity contribution in [2.45, 2.75) is 39.2 Å². The third-order valence-corrected chi connectivity index (χ3v) is 2.49. The molecule has 0 aliphatic rings. The molecule has 0 rings (SSSR count). The van der Waals surface area contributed by atoms with E-state index < -0.39 is 6.04 Å². The highest BCUT2D eigenvalue weighted by Gasteiger charge is 2.20. The smallest absolute Gasteiger partial charge is 0.239 e. The Balaban J connectivity index is 4.23. The lowest BCUT2D eigenvalue weighted by atomic mass is 10.1. The van der Waals surface area contributed by atoms with Gasteiger partial charge in [0.15, 0.2) is 0 Å². The fourth-order valence-corrected chi connectivity index (χ4v) is 1.38.